The zero-order valence-corrected chi connectivity index (χ0v) is 16.3. The molecular weight excluding hydrogens is 336 g/mol. The van der Waals surface area contributed by atoms with E-state index >= 15 is 0 Å². The summed E-state index contributed by atoms with van der Waals surface area (Å²) in [4.78, 5) is 12.3. The molecule has 1 amide bonds. The van der Waals surface area contributed by atoms with Gasteiger partial charge in [0.25, 0.3) is 0 Å². The van der Waals surface area contributed by atoms with E-state index in [4.69, 9.17) is 0 Å². The van der Waals surface area contributed by atoms with Crippen LogP contribution < -0.4 is 5.32 Å². The molecule has 1 N–H and O–H groups in total. The number of amides is 1. The summed E-state index contributed by atoms with van der Waals surface area (Å²) < 4.78 is 26.7. The summed E-state index contributed by atoms with van der Waals surface area (Å²) in [6.45, 7) is 6.95. The van der Waals surface area contributed by atoms with Gasteiger partial charge in [-0.1, -0.05) is 43.2 Å². The van der Waals surface area contributed by atoms with E-state index in [1.165, 1.54) is 4.31 Å². The first-order chi connectivity index (χ1) is 11.8. The molecule has 6 heteroatoms. The Morgan fingerprint density at radius 1 is 1.24 bits per heavy atom. The van der Waals surface area contributed by atoms with Gasteiger partial charge in [-0.2, -0.15) is 0 Å². The largest absolute Gasteiger partial charge is 0.353 e. The first-order valence-corrected chi connectivity index (χ1v) is 10.8. The maximum absolute atomic E-state index is 12.6. The highest BCUT2D eigenvalue weighted by molar-refractivity contribution is 7.88. The molecule has 1 fully saturated rings. The van der Waals surface area contributed by atoms with Gasteiger partial charge in [-0.05, 0) is 38.7 Å². The molecule has 1 atom stereocenters. The molecule has 1 aliphatic rings. The number of hydrogen-bond donors (Lipinski definition) is 1. The predicted octanol–water partition coefficient (Wildman–Crippen LogP) is 2.84. The van der Waals surface area contributed by atoms with Crippen molar-refractivity contribution in [1.82, 2.24) is 9.62 Å². The molecule has 0 radical (unpaired) electrons. The second kappa shape index (κ2) is 8.81. The molecule has 0 unspecified atom stereocenters. The van der Waals surface area contributed by atoms with E-state index < -0.39 is 10.0 Å². The Morgan fingerprint density at radius 2 is 1.84 bits per heavy atom. The summed E-state index contributed by atoms with van der Waals surface area (Å²) >= 11 is 0. The predicted molar refractivity (Wildman–Crippen MR) is 101 cm³/mol. The lowest BCUT2D eigenvalue weighted by atomic mass is 9.96. The summed E-state index contributed by atoms with van der Waals surface area (Å²) in [6.07, 6.45) is 3.20. The lowest BCUT2D eigenvalue weighted by molar-refractivity contribution is -0.126. The van der Waals surface area contributed by atoms with Crippen molar-refractivity contribution in [2.75, 3.05) is 13.1 Å². The molecular formula is C19H30N2O3S. The van der Waals surface area contributed by atoms with Crippen LogP contribution in [0, 0.1) is 12.8 Å². The molecule has 2 rings (SSSR count). The topological polar surface area (TPSA) is 66.5 Å². The fourth-order valence-electron chi connectivity index (χ4n) is 3.25. The van der Waals surface area contributed by atoms with Gasteiger partial charge in [0.15, 0.2) is 0 Å². The van der Waals surface area contributed by atoms with Crippen LogP contribution >= 0.6 is 0 Å². The number of nitrogens with zero attached hydrogens (tertiary/aromatic N) is 1. The summed E-state index contributed by atoms with van der Waals surface area (Å²) in [7, 11) is -3.33. The molecule has 0 bridgehead atoms. The van der Waals surface area contributed by atoms with Gasteiger partial charge < -0.3 is 5.32 Å². The zero-order valence-electron chi connectivity index (χ0n) is 15.5. The third-order valence-electron chi connectivity index (χ3n) is 4.80. The van der Waals surface area contributed by atoms with Gasteiger partial charge in [0.1, 0.15) is 0 Å². The number of aryl methyl sites for hydroxylation is 1. The zero-order chi connectivity index (χ0) is 18.4. The van der Waals surface area contributed by atoms with Crippen molar-refractivity contribution >= 4 is 15.9 Å². The van der Waals surface area contributed by atoms with E-state index in [0.717, 1.165) is 24.0 Å². The lowest BCUT2D eigenvalue weighted by Gasteiger charge is -2.31. The maximum Gasteiger partial charge on any atom is 0.223 e. The van der Waals surface area contributed by atoms with Crippen molar-refractivity contribution in [3.8, 4) is 0 Å². The van der Waals surface area contributed by atoms with E-state index in [1.807, 2.05) is 38.1 Å². The van der Waals surface area contributed by atoms with Crippen molar-refractivity contribution < 1.29 is 13.2 Å². The maximum atomic E-state index is 12.6. The average molecular weight is 367 g/mol. The number of rotatable bonds is 7. The number of carbonyl (C=O) groups excluding carboxylic acids is 1. The minimum absolute atomic E-state index is 0.0255. The van der Waals surface area contributed by atoms with Gasteiger partial charge in [-0.3, -0.25) is 4.79 Å². The van der Waals surface area contributed by atoms with E-state index in [2.05, 4.69) is 12.2 Å². The van der Waals surface area contributed by atoms with Gasteiger partial charge in [0, 0.05) is 25.0 Å². The Balaban J connectivity index is 1.88. The van der Waals surface area contributed by atoms with Crippen LogP contribution in [0.2, 0.25) is 0 Å². The van der Waals surface area contributed by atoms with E-state index in [1.54, 1.807) is 0 Å². The molecule has 1 aromatic carbocycles. The van der Waals surface area contributed by atoms with Crippen molar-refractivity contribution in [3.63, 3.8) is 0 Å². The summed E-state index contributed by atoms with van der Waals surface area (Å²) in [5.41, 5.74) is 1.92. The van der Waals surface area contributed by atoms with Crippen LogP contribution in [0.3, 0.4) is 0 Å². The summed E-state index contributed by atoms with van der Waals surface area (Å²) in [5, 5.41) is 3.04. The highest BCUT2D eigenvalue weighted by Gasteiger charge is 2.31. The smallest absolute Gasteiger partial charge is 0.223 e. The minimum atomic E-state index is -3.33. The second-order valence-corrected chi connectivity index (χ2v) is 9.08. The molecule has 0 aromatic heterocycles. The fourth-order valence-corrected chi connectivity index (χ4v) is 4.81. The van der Waals surface area contributed by atoms with Crippen LogP contribution in [-0.4, -0.2) is 37.8 Å². The first kappa shape index (κ1) is 19.9. The number of piperidine rings is 1. The third-order valence-corrected chi connectivity index (χ3v) is 6.65. The number of sulfonamides is 1. The molecule has 0 spiro atoms. The second-order valence-electron chi connectivity index (χ2n) is 7.11. The Kier molecular flexibility index (Phi) is 7.02. The van der Waals surface area contributed by atoms with Crippen LogP contribution in [0.1, 0.15) is 50.7 Å². The molecule has 1 aliphatic heterocycles. The molecule has 1 aromatic rings. The van der Waals surface area contributed by atoms with Crippen LogP contribution in [0.15, 0.2) is 24.3 Å². The third kappa shape index (κ3) is 5.82. The molecule has 1 heterocycles. The van der Waals surface area contributed by atoms with Gasteiger partial charge >= 0.3 is 0 Å². The number of hydrogen-bond acceptors (Lipinski definition) is 3. The van der Waals surface area contributed by atoms with Gasteiger partial charge in [0.05, 0.1) is 5.75 Å². The normalized spacial score (nSPS) is 18.0. The number of benzene rings is 1. The molecule has 0 aliphatic carbocycles. The summed E-state index contributed by atoms with van der Waals surface area (Å²) in [6, 6.07) is 7.77. The Bertz CT molecular complexity index is 662. The molecule has 25 heavy (non-hydrogen) atoms. The Labute approximate surface area is 151 Å². The average Bonchev–Trinajstić information content (AvgIpc) is 2.57. The van der Waals surface area contributed by atoms with Gasteiger partial charge in [-0.25, -0.2) is 12.7 Å². The standard InChI is InChI=1S/C19H30N2O3S/c1-4-5-16(3)20-19(22)18-10-12-21(13-11-18)25(23,24)14-17-8-6-15(2)7-9-17/h6-9,16,18H,4-5,10-14H2,1-3H3,(H,20,22)/t16-/m0/s1. The van der Waals surface area contributed by atoms with E-state index in [9.17, 15) is 13.2 Å². The highest BCUT2D eigenvalue weighted by atomic mass is 32.2. The van der Waals surface area contributed by atoms with Crippen LogP contribution in [0.4, 0.5) is 0 Å². The van der Waals surface area contributed by atoms with Crippen LogP contribution in [0.25, 0.3) is 0 Å². The summed E-state index contributed by atoms with van der Waals surface area (Å²) in [5.74, 6) is 0.0131. The van der Waals surface area contributed by atoms with Crippen molar-refractivity contribution in [1.29, 1.82) is 0 Å². The van der Waals surface area contributed by atoms with Crippen molar-refractivity contribution in [3.05, 3.63) is 35.4 Å². The Morgan fingerprint density at radius 3 is 2.40 bits per heavy atom. The van der Waals surface area contributed by atoms with Gasteiger partial charge in [0.2, 0.25) is 15.9 Å². The fraction of sp³-hybridized carbons (Fsp3) is 0.632. The molecule has 5 nitrogen and oxygen atoms in total. The van der Waals surface area contributed by atoms with Crippen LogP contribution in [-0.2, 0) is 20.6 Å². The molecule has 140 valence electrons. The van der Waals surface area contributed by atoms with Crippen LogP contribution in [0.5, 0.6) is 0 Å². The first-order valence-electron chi connectivity index (χ1n) is 9.15. The number of carbonyl (C=O) groups is 1. The van der Waals surface area contributed by atoms with Gasteiger partial charge in [-0.15, -0.1) is 0 Å². The lowest BCUT2D eigenvalue weighted by Crippen LogP contribution is -2.45. The monoisotopic (exact) mass is 366 g/mol. The molecule has 0 saturated carbocycles. The Hall–Kier alpha value is -1.40. The van der Waals surface area contributed by atoms with E-state index in [-0.39, 0.29) is 23.6 Å². The van der Waals surface area contributed by atoms with E-state index in [0.29, 0.717) is 25.9 Å². The minimum Gasteiger partial charge on any atom is -0.353 e. The van der Waals surface area contributed by atoms with Crippen molar-refractivity contribution in [2.45, 2.75) is 58.2 Å². The van der Waals surface area contributed by atoms with Crippen molar-refractivity contribution in [2.24, 2.45) is 5.92 Å². The highest BCUT2D eigenvalue weighted by Crippen LogP contribution is 2.22. The molecule has 1 saturated heterocycles. The SMILES string of the molecule is CCC[C@H](C)NC(=O)C1CCN(S(=O)(=O)Cc2ccc(C)cc2)CC1. The number of nitrogens with one attached hydrogen (secondary N) is 1. The quantitative estimate of drug-likeness (QED) is 0.807.